The number of anilines is 1. The normalized spacial score (nSPS) is 20.1. The van der Waals surface area contributed by atoms with Crippen LogP contribution < -0.4 is 5.32 Å². The molecular weight excluding hydrogens is 214 g/mol. The van der Waals surface area contributed by atoms with Crippen molar-refractivity contribution >= 4 is 23.3 Å². The van der Waals surface area contributed by atoms with Crippen molar-refractivity contribution in [3.05, 3.63) is 28.4 Å². The molecule has 2 rings (SSSR count). The standard InChI is InChI=1S/C9H11N3O2S/c13-12(14)8-1-3-10-9(5-8)11-7-2-4-15-6-7/h1,3,5,7H,2,4,6H2,(H,10,11). The van der Waals surface area contributed by atoms with Crippen molar-refractivity contribution < 1.29 is 4.92 Å². The van der Waals surface area contributed by atoms with Gasteiger partial charge in [0.25, 0.3) is 5.69 Å². The highest BCUT2D eigenvalue weighted by atomic mass is 32.2. The molecule has 0 bridgehead atoms. The van der Waals surface area contributed by atoms with Gasteiger partial charge in [0.05, 0.1) is 11.0 Å². The lowest BCUT2D eigenvalue weighted by Gasteiger charge is -2.10. The molecule has 15 heavy (non-hydrogen) atoms. The Balaban J connectivity index is 2.07. The van der Waals surface area contributed by atoms with Crippen LogP contribution in [0.5, 0.6) is 0 Å². The van der Waals surface area contributed by atoms with Crippen molar-refractivity contribution in [2.24, 2.45) is 0 Å². The molecule has 6 heteroatoms. The molecule has 1 saturated heterocycles. The van der Waals surface area contributed by atoms with Gasteiger partial charge in [-0.05, 0) is 12.2 Å². The molecule has 1 aliphatic heterocycles. The summed E-state index contributed by atoms with van der Waals surface area (Å²) in [4.78, 5) is 14.2. The molecule has 5 nitrogen and oxygen atoms in total. The van der Waals surface area contributed by atoms with E-state index >= 15 is 0 Å². The van der Waals surface area contributed by atoms with Crippen LogP contribution in [0.4, 0.5) is 11.5 Å². The van der Waals surface area contributed by atoms with Crippen LogP contribution in [0, 0.1) is 10.1 Å². The molecule has 1 aromatic rings. The van der Waals surface area contributed by atoms with Gasteiger partial charge in [-0.2, -0.15) is 11.8 Å². The van der Waals surface area contributed by atoms with Gasteiger partial charge in [0.1, 0.15) is 5.82 Å². The lowest BCUT2D eigenvalue weighted by atomic mass is 10.2. The summed E-state index contributed by atoms with van der Waals surface area (Å²) in [5, 5.41) is 13.7. The number of aromatic nitrogens is 1. The van der Waals surface area contributed by atoms with Crippen molar-refractivity contribution in [1.82, 2.24) is 4.98 Å². The van der Waals surface area contributed by atoms with Crippen molar-refractivity contribution in [2.45, 2.75) is 12.5 Å². The lowest BCUT2D eigenvalue weighted by molar-refractivity contribution is -0.384. The number of hydrogen-bond donors (Lipinski definition) is 1. The van der Waals surface area contributed by atoms with Crippen LogP contribution in [0.3, 0.4) is 0 Å². The van der Waals surface area contributed by atoms with E-state index in [0.717, 1.165) is 17.9 Å². The predicted octanol–water partition coefficient (Wildman–Crippen LogP) is 1.91. The summed E-state index contributed by atoms with van der Waals surface area (Å²) in [7, 11) is 0. The SMILES string of the molecule is O=[N+]([O-])c1ccnc(NC2CCSC2)c1. The zero-order valence-corrected chi connectivity index (χ0v) is 8.87. The third kappa shape index (κ3) is 2.59. The van der Waals surface area contributed by atoms with Crippen molar-refractivity contribution in [1.29, 1.82) is 0 Å². The summed E-state index contributed by atoms with van der Waals surface area (Å²) in [5.74, 6) is 2.79. The Morgan fingerprint density at radius 3 is 3.20 bits per heavy atom. The molecule has 0 saturated carbocycles. The van der Waals surface area contributed by atoms with E-state index < -0.39 is 4.92 Å². The molecular formula is C9H11N3O2S. The number of hydrogen-bond acceptors (Lipinski definition) is 5. The Morgan fingerprint density at radius 2 is 2.53 bits per heavy atom. The molecule has 0 radical (unpaired) electrons. The van der Waals surface area contributed by atoms with Gasteiger partial charge in [-0.1, -0.05) is 0 Å². The predicted molar refractivity (Wildman–Crippen MR) is 60.2 cm³/mol. The molecule has 0 aliphatic carbocycles. The summed E-state index contributed by atoms with van der Waals surface area (Å²) in [6.45, 7) is 0. The van der Waals surface area contributed by atoms with E-state index in [1.807, 2.05) is 11.8 Å². The zero-order chi connectivity index (χ0) is 10.7. The number of pyridine rings is 1. The second-order valence-corrected chi connectivity index (χ2v) is 4.51. The van der Waals surface area contributed by atoms with Gasteiger partial charge in [0.15, 0.2) is 0 Å². The molecule has 80 valence electrons. The first-order chi connectivity index (χ1) is 7.25. The van der Waals surface area contributed by atoms with Gasteiger partial charge in [-0.3, -0.25) is 10.1 Å². The monoisotopic (exact) mass is 225 g/mol. The van der Waals surface area contributed by atoms with E-state index in [1.165, 1.54) is 18.3 Å². The van der Waals surface area contributed by atoms with Crippen LogP contribution in [0.25, 0.3) is 0 Å². The highest BCUT2D eigenvalue weighted by Crippen LogP contribution is 2.22. The highest BCUT2D eigenvalue weighted by molar-refractivity contribution is 7.99. The van der Waals surface area contributed by atoms with Gasteiger partial charge < -0.3 is 5.32 Å². The van der Waals surface area contributed by atoms with Crippen molar-refractivity contribution in [2.75, 3.05) is 16.8 Å². The Bertz CT molecular complexity index is 366. The van der Waals surface area contributed by atoms with Gasteiger partial charge in [-0.25, -0.2) is 4.98 Å². The van der Waals surface area contributed by atoms with Gasteiger partial charge in [-0.15, -0.1) is 0 Å². The van der Waals surface area contributed by atoms with Crippen LogP contribution in [0.2, 0.25) is 0 Å². The van der Waals surface area contributed by atoms with Crippen LogP contribution in [0.15, 0.2) is 18.3 Å². The average molecular weight is 225 g/mol. The van der Waals surface area contributed by atoms with Crippen molar-refractivity contribution in [3.8, 4) is 0 Å². The molecule has 1 unspecified atom stereocenters. The Hall–Kier alpha value is -1.30. The largest absolute Gasteiger partial charge is 0.366 e. The zero-order valence-electron chi connectivity index (χ0n) is 8.05. The van der Waals surface area contributed by atoms with Gasteiger partial charge in [0, 0.05) is 24.1 Å². The third-order valence-electron chi connectivity index (χ3n) is 2.24. The summed E-state index contributed by atoms with van der Waals surface area (Å²) in [5.41, 5.74) is 0.0816. The molecule has 1 aliphatic rings. The Kier molecular flexibility index (Phi) is 3.05. The smallest absolute Gasteiger partial charge is 0.274 e. The molecule has 1 fully saturated rings. The summed E-state index contributed by atoms with van der Waals surface area (Å²) >= 11 is 1.89. The quantitative estimate of drug-likeness (QED) is 0.628. The third-order valence-corrected chi connectivity index (χ3v) is 3.40. The molecule has 0 spiro atoms. The maximum atomic E-state index is 10.5. The first kappa shape index (κ1) is 10.2. The minimum absolute atomic E-state index is 0.0816. The van der Waals surface area contributed by atoms with Crippen LogP contribution in [-0.2, 0) is 0 Å². The molecule has 0 aromatic carbocycles. The van der Waals surface area contributed by atoms with E-state index in [0.29, 0.717) is 11.9 Å². The van der Waals surface area contributed by atoms with E-state index in [9.17, 15) is 10.1 Å². The average Bonchev–Trinajstić information content (AvgIpc) is 2.71. The van der Waals surface area contributed by atoms with Gasteiger partial charge in [0.2, 0.25) is 0 Å². The Morgan fingerprint density at radius 1 is 1.67 bits per heavy atom. The summed E-state index contributed by atoms with van der Waals surface area (Å²) < 4.78 is 0. The van der Waals surface area contributed by atoms with E-state index in [4.69, 9.17) is 0 Å². The fourth-order valence-electron chi connectivity index (χ4n) is 1.47. The number of nitrogens with zero attached hydrogens (tertiary/aromatic N) is 2. The maximum absolute atomic E-state index is 10.5. The van der Waals surface area contributed by atoms with Gasteiger partial charge >= 0.3 is 0 Å². The fourth-order valence-corrected chi connectivity index (χ4v) is 2.62. The van der Waals surface area contributed by atoms with E-state index in [1.54, 1.807) is 0 Å². The maximum Gasteiger partial charge on any atom is 0.274 e. The minimum atomic E-state index is -0.406. The number of rotatable bonds is 3. The number of nitro groups is 1. The molecule has 2 heterocycles. The van der Waals surface area contributed by atoms with E-state index in [-0.39, 0.29) is 5.69 Å². The first-order valence-electron chi connectivity index (χ1n) is 4.70. The topological polar surface area (TPSA) is 68.1 Å². The second kappa shape index (κ2) is 4.48. The van der Waals surface area contributed by atoms with Crippen LogP contribution >= 0.6 is 11.8 Å². The van der Waals surface area contributed by atoms with Crippen LogP contribution in [0.1, 0.15) is 6.42 Å². The van der Waals surface area contributed by atoms with Crippen LogP contribution in [-0.4, -0.2) is 27.5 Å². The molecule has 1 atom stereocenters. The lowest BCUT2D eigenvalue weighted by Crippen LogP contribution is -2.18. The van der Waals surface area contributed by atoms with Crippen molar-refractivity contribution in [3.63, 3.8) is 0 Å². The Labute approximate surface area is 91.4 Å². The second-order valence-electron chi connectivity index (χ2n) is 3.36. The molecule has 1 aromatic heterocycles. The number of nitrogens with one attached hydrogen (secondary N) is 1. The number of thioether (sulfide) groups is 1. The summed E-state index contributed by atoms with van der Waals surface area (Å²) in [6.07, 6.45) is 2.55. The first-order valence-corrected chi connectivity index (χ1v) is 5.86. The van der Waals surface area contributed by atoms with E-state index in [2.05, 4.69) is 10.3 Å². The molecule has 0 amide bonds. The molecule has 1 N–H and O–H groups in total. The fraction of sp³-hybridized carbons (Fsp3) is 0.444. The summed E-state index contributed by atoms with van der Waals surface area (Å²) in [6, 6.07) is 3.27. The minimum Gasteiger partial charge on any atom is -0.366 e. The highest BCUT2D eigenvalue weighted by Gasteiger charge is 2.16.